The minimum absolute atomic E-state index is 0.0577. The van der Waals surface area contributed by atoms with Crippen LogP contribution >= 0.6 is 0 Å². The van der Waals surface area contributed by atoms with Crippen molar-refractivity contribution in [2.75, 3.05) is 0 Å². The average molecular weight is 209 g/mol. The van der Waals surface area contributed by atoms with Crippen LogP contribution in [0.3, 0.4) is 0 Å². The standard InChI is InChI=1S/C14H27N/c1-4-6-8-9-10-11-13-14(3,15)12-7-5-2/h1H,5-13,15H2,2-3H3. The first-order chi connectivity index (χ1) is 7.12. The first-order valence-electron chi connectivity index (χ1n) is 6.35. The van der Waals surface area contributed by atoms with Gasteiger partial charge in [-0.2, -0.15) is 0 Å². The van der Waals surface area contributed by atoms with Crippen LogP contribution in [0.1, 0.15) is 71.6 Å². The van der Waals surface area contributed by atoms with Crippen LogP contribution in [0.4, 0.5) is 0 Å². The van der Waals surface area contributed by atoms with Crippen molar-refractivity contribution in [1.82, 2.24) is 0 Å². The number of hydrogen-bond donors (Lipinski definition) is 1. The highest BCUT2D eigenvalue weighted by Crippen LogP contribution is 2.18. The third kappa shape index (κ3) is 9.82. The zero-order chi connectivity index (χ0) is 11.6. The Morgan fingerprint density at radius 3 is 2.27 bits per heavy atom. The van der Waals surface area contributed by atoms with Gasteiger partial charge in [-0.3, -0.25) is 0 Å². The zero-order valence-electron chi connectivity index (χ0n) is 10.5. The van der Waals surface area contributed by atoms with Gasteiger partial charge in [0.25, 0.3) is 0 Å². The smallest absolute Gasteiger partial charge is 0.0125 e. The van der Waals surface area contributed by atoms with Gasteiger partial charge in [-0.25, -0.2) is 0 Å². The van der Waals surface area contributed by atoms with E-state index in [1.165, 1.54) is 38.5 Å². The Kier molecular flexibility index (Phi) is 8.52. The molecule has 88 valence electrons. The molecule has 0 bridgehead atoms. The predicted molar refractivity (Wildman–Crippen MR) is 68.7 cm³/mol. The number of nitrogens with two attached hydrogens (primary N) is 1. The summed E-state index contributed by atoms with van der Waals surface area (Å²) in [6.45, 7) is 4.40. The van der Waals surface area contributed by atoms with Crippen LogP contribution in [-0.2, 0) is 0 Å². The zero-order valence-corrected chi connectivity index (χ0v) is 10.5. The number of hydrogen-bond acceptors (Lipinski definition) is 1. The average Bonchev–Trinajstić information content (AvgIpc) is 2.20. The molecule has 0 aliphatic carbocycles. The molecule has 1 nitrogen and oxygen atoms in total. The van der Waals surface area contributed by atoms with E-state index in [9.17, 15) is 0 Å². The second-order valence-corrected chi connectivity index (χ2v) is 4.88. The minimum atomic E-state index is 0.0577. The van der Waals surface area contributed by atoms with Gasteiger partial charge in [0.15, 0.2) is 0 Å². The Morgan fingerprint density at radius 1 is 1.07 bits per heavy atom. The highest BCUT2D eigenvalue weighted by Gasteiger charge is 2.16. The van der Waals surface area contributed by atoms with Gasteiger partial charge in [0.05, 0.1) is 0 Å². The lowest BCUT2D eigenvalue weighted by Crippen LogP contribution is -2.35. The van der Waals surface area contributed by atoms with Crippen LogP contribution < -0.4 is 5.73 Å². The lowest BCUT2D eigenvalue weighted by molar-refractivity contribution is 0.370. The molecule has 15 heavy (non-hydrogen) atoms. The Hall–Kier alpha value is -0.480. The van der Waals surface area contributed by atoms with Crippen LogP contribution in [0.25, 0.3) is 0 Å². The van der Waals surface area contributed by atoms with Gasteiger partial charge >= 0.3 is 0 Å². The Labute approximate surface area is 95.8 Å². The summed E-state index contributed by atoms with van der Waals surface area (Å²) in [7, 11) is 0. The fourth-order valence-electron chi connectivity index (χ4n) is 1.82. The monoisotopic (exact) mass is 209 g/mol. The van der Waals surface area contributed by atoms with Gasteiger partial charge in [0.1, 0.15) is 0 Å². The van der Waals surface area contributed by atoms with Crippen molar-refractivity contribution in [2.45, 2.75) is 77.2 Å². The Morgan fingerprint density at radius 2 is 1.67 bits per heavy atom. The molecule has 0 aromatic heterocycles. The highest BCUT2D eigenvalue weighted by molar-refractivity contribution is 4.83. The van der Waals surface area contributed by atoms with Crippen LogP contribution in [0.2, 0.25) is 0 Å². The molecule has 0 rings (SSSR count). The molecular formula is C14H27N. The fraction of sp³-hybridized carbons (Fsp3) is 0.857. The maximum atomic E-state index is 6.21. The normalized spacial score (nSPS) is 14.5. The van der Waals surface area contributed by atoms with Gasteiger partial charge in [0.2, 0.25) is 0 Å². The van der Waals surface area contributed by atoms with Crippen molar-refractivity contribution in [2.24, 2.45) is 5.73 Å². The molecule has 2 N–H and O–H groups in total. The number of terminal acetylenes is 1. The summed E-state index contributed by atoms with van der Waals surface area (Å²) in [4.78, 5) is 0. The van der Waals surface area contributed by atoms with Crippen molar-refractivity contribution in [1.29, 1.82) is 0 Å². The largest absolute Gasteiger partial charge is 0.325 e. The highest BCUT2D eigenvalue weighted by atomic mass is 14.7. The molecule has 0 aliphatic rings. The van der Waals surface area contributed by atoms with Gasteiger partial charge in [-0.15, -0.1) is 12.3 Å². The van der Waals surface area contributed by atoms with E-state index < -0.39 is 0 Å². The first kappa shape index (κ1) is 14.5. The molecule has 1 atom stereocenters. The minimum Gasteiger partial charge on any atom is -0.325 e. The fourth-order valence-corrected chi connectivity index (χ4v) is 1.82. The SMILES string of the molecule is C#CCCCCCCC(C)(N)CCCC. The second-order valence-electron chi connectivity index (χ2n) is 4.88. The van der Waals surface area contributed by atoms with Crippen LogP contribution in [-0.4, -0.2) is 5.54 Å². The molecular weight excluding hydrogens is 182 g/mol. The molecule has 0 saturated carbocycles. The van der Waals surface area contributed by atoms with Crippen molar-refractivity contribution in [3.8, 4) is 12.3 Å². The lowest BCUT2D eigenvalue weighted by atomic mass is 9.90. The maximum absolute atomic E-state index is 6.21. The van der Waals surface area contributed by atoms with Gasteiger partial charge < -0.3 is 5.73 Å². The molecule has 0 aromatic carbocycles. The molecule has 1 heteroatoms. The van der Waals surface area contributed by atoms with Crippen LogP contribution in [0, 0.1) is 12.3 Å². The summed E-state index contributed by atoms with van der Waals surface area (Å²) in [6, 6.07) is 0. The van der Waals surface area contributed by atoms with E-state index >= 15 is 0 Å². The topological polar surface area (TPSA) is 26.0 Å². The van der Waals surface area contributed by atoms with E-state index in [1.807, 2.05) is 0 Å². The second kappa shape index (κ2) is 8.80. The molecule has 0 heterocycles. The van der Waals surface area contributed by atoms with Crippen LogP contribution in [0.15, 0.2) is 0 Å². The third-order valence-electron chi connectivity index (χ3n) is 2.92. The first-order valence-corrected chi connectivity index (χ1v) is 6.35. The lowest BCUT2D eigenvalue weighted by Gasteiger charge is -2.24. The van der Waals surface area contributed by atoms with E-state index in [1.54, 1.807) is 0 Å². The van der Waals surface area contributed by atoms with E-state index in [0.29, 0.717) is 0 Å². The molecule has 0 spiro atoms. The van der Waals surface area contributed by atoms with Crippen molar-refractivity contribution < 1.29 is 0 Å². The van der Waals surface area contributed by atoms with Gasteiger partial charge in [-0.1, -0.05) is 39.0 Å². The van der Waals surface area contributed by atoms with E-state index in [0.717, 1.165) is 19.3 Å². The molecule has 0 saturated heterocycles. The Balaban J connectivity index is 3.36. The summed E-state index contributed by atoms with van der Waals surface area (Å²) in [5.41, 5.74) is 6.27. The summed E-state index contributed by atoms with van der Waals surface area (Å²) >= 11 is 0. The van der Waals surface area contributed by atoms with Crippen molar-refractivity contribution in [3.63, 3.8) is 0 Å². The summed E-state index contributed by atoms with van der Waals surface area (Å²) in [6.07, 6.45) is 15.9. The molecule has 0 amide bonds. The molecule has 1 unspecified atom stereocenters. The molecule has 0 radical (unpaired) electrons. The molecule has 0 aliphatic heterocycles. The van der Waals surface area contributed by atoms with E-state index in [-0.39, 0.29) is 5.54 Å². The summed E-state index contributed by atoms with van der Waals surface area (Å²) < 4.78 is 0. The Bertz CT molecular complexity index is 176. The van der Waals surface area contributed by atoms with Crippen LogP contribution in [0.5, 0.6) is 0 Å². The maximum Gasteiger partial charge on any atom is 0.0125 e. The van der Waals surface area contributed by atoms with E-state index in [4.69, 9.17) is 12.2 Å². The number of unbranched alkanes of at least 4 members (excludes halogenated alkanes) is 5. The van der Waals surface area contributed by atoms with Gasteiger partial charge in [0, 0.05) is 12.0 Å². The van der Waals surface area contributed by atoms with Gasteiger partial charge in [-0.05, 0) is 26.2 Å². The number of rotatable bonds is 9. The quantitative estimate of drug-likeness (QED) is 0.453. The summed E-state index contributed by atoms with van der Waals surface area (Å²) in [5, 5.41) is 0. The third-order valence-corrected chi connectivity index (χ3v) is 2.92. The molecule has 0 fully saturated rings. The van der Waals surface area contributed by atoms with Crippen molar-refractivity contribution >= 4 is 0 Å². The van der Waals surface area contributed by atoms with Crippen molar-refractivity contribution in [3.05, 3.63) is 0 Å². The predicted octanol–water partition coefficient (Wildman–Crippen LogP) is 3.87. The summed E-state index contributed by atoms with van der Waals surface area (Å²) in [5.74, 6) is 2.68. The molecule has 0 aromatic rings. The van der Waals surface area contributed by atoms with E-state index in [2.05, 4.69) is 19.8 Å².